The smallest absolute Gasteiger partial charge is 0.312 e. The summed E-state index contributed by atoms with van der Waals surface area (Å²) in [6.07, 6.45) is 0.963. The predicted octanol–water partition coefficient (Wildman–Crippen LogP) is 3.43. The summed E-state index contributed by atoms with van der Waals surface area (Å²) in [6, 6.07) is 14.2. The van der Waals surface area contributed by atoms with Crippen LogP contribution in [0.25, 0.3) is 11.2 Å². The van der Waals surface area contributed by atoms with E-state index in [0.29, 0.717) is 29.2 Å². The topological polar surface area (TPSA) is 65.1 Å². The summed E-state index contributed by atoms with van der Waals surface area (Å²) < 4.78 is 17.9. The fourth-order valence-corrected chi connectivity index (χ4v) is 4.55. The molecule has 5 rings (SSSR count). The van der Waals surface area contributed by atoms with Crippen LogP contribution in [0, 0.1) is 11.7 Å². The van der Waals surface area contributed by atoms with Crippen molar-refractivity contribution in [2.75, 3.05) is 11.4 Å². The lowest BCUT2D eigenvalue weighted by Crippen LogP contribution is -2.40. The largest absolute Gasteiger partial charge is 0.332 e. The van der Waals surface area contributed by atoms with E-state index < -0.39 is 5.69 Å². The van der Waals surface area contributed by atoms with Crippen LogP contribution in [0.3, 0.4) is 0 Å². The number of fused-ring (bicyclic) bond motifs is 3. The normalized spacial score (nSPS) is 15.8. The van der Waals surface area contributed by atoms with Crippen molar-refractivity contribution in [1.82, 2.24) is 18.7 Å². The van der Waals surface area contributed by atoms with Crippen molar-refractivity contribution in [2.45, 2.75) is 33.4 Å². The van der Waals surface area contributed by atoms with Crippen LogP contribution in [0.2, 0.25) is 0 Å². The van der Waals surface area contributed by atoms with Gasteiger partial charge in [-0.2, -0.15) is 4.98 Å². The maximum absolute atomic E-state index is 13.5. The van der Waals surface area contributed by atoms with Gasteiger partial charge in [-0.25, -0.2) is 9.18 Å². The van der Waals surface area contributed by atoms with Crippen LogP contribution in [-0.2, 0) is 26.6 Å². The molecular weight excluding hydrogens is 421 g/mol. The predicted molar refractivity (Wildman–Crippen MR) is 127 cm³/mol. The molecule has 0 N–H and O–H groups in total. The van der Waals surface area contributed by atoms with Crippen molar-refractivity contribution in [1.29, 1.82) is 0 Å². The second-order valence-corrected chi connectivity index (χ2v) is 8.79. The molecule has 170 valence electrons. The Kier molecular flexibility index (Phi) is 5.15. The molecule has 0 aliphatic carbocycles. The molecule has 1 aliphatic heterocycles. The molecule has 0 amide bonds. The van der Waals surface area contributed by atoms with Crippen LogP contribution in [0.5, 0.6) is 0 Å². The van der Waals surface area contributed by atoms with E-state index in [9.17, 15) is 14.0 Å². The fourth-order valence-electron chi connectivity index (χ4n) is 4.55. The van der Waals surface area contributed by atoms with E-state index in [-0.39, 0.29) is 23.8 Å². The van der Waals surface area contributed by atoms with Gasteiger partial charge in [0.1, 0.15) is 5.82 Å². The first-order valence-electron chi connectivity index (χ1n) is 11.2. The molecular formula is C25H26FN5O2. The van der Waals surface area contributed by atoms with Crippen molar-refractivity contribution in [3.63, 3.8) is 0 Å². The molecule has 0 spiro atoms. The number of aryl methyl sites for hydroxylation is 2. The second kappa shape index (κ2) is 8.03. The second-order valence-electron chi connectivity index (χ2n) is 8.79. The van der Waals surface area contributed by atoms with Gasteiger partial charge in [-0.1, -0.05) is 38.1 Å². The van der Waals surface area contributed by atoms with Crippen molar-refractivity contribution in [3.8, 4) is 0 Å². The maximum Gasteiger partial charge on any atom is 0.332 e. The Labute approximate surface area is 190 Å². The molecule has 7 nitrogen and oxygen atoms in total. The summed E-state index contributed by atoms with van der Waals surface area (Å²) in [5.74, 6) is 0.585. The number of rotatable bonds is 4. The van der Waals surface area contributed by atoms with Crippen LogP contribution in [0.15, 0.2) is 58.1 Å². The van der Waals surface area contributed by atoms with E-state index in [2.05, 4.69) is 43.0 Å². The number of benzene rings is 2. The highest BCUT2D eigenvalue weighted by Gasteiger charge is 2.29. The van der Waals surface area contributed by atoms with E-state index >= 15 is 0 Å². The lowest BCUT2D eigenvalue weighted by Gasteiger charge is -2.33. The molecule has 0 saturated heterocycles. The monoisotopic (exact) mass is 447 g/mol. The summed E-state index contributed by atoms with van der Waals surface area (Å²) >= 11 is 0. The van der Waals surface area contributed by atoms with Gasteiger partial charge in [0.2, 0.25) is 5.95 Å². The average Bonchev–Trinajstić information content (AvgIpc) is 3.21. The van der Waals surface area contributed by atoms with Gasteiger partial charge < -0.3 is 9.47 Å². The molecule has 4 aromatic rings. The van der Waals surface area contributed by atoms with Crippen molar-refractivity contribution in [3.05, 3.63) is 86.3 Å². The Morgan fingerprint density at radius 2 is 1.67 bits per heavy atom. The number of imidazole rings is 1. The zero-order valence-electron chi connectivity index (χ0n) is 19.0. The third kappa shape index (κ3) is 3.55. The molecule has 8 heteroatoms. The number of hydrogen-bond acceptors (Lipinski definition) is 4. The lowest BCUT2D eigenvalue weighted by molar-refractivity contribution is 0.458. The van der Waals surface area contributed by atoms with Crippen LogP contribution in [0.4, 0.5) is 16.0 Å². The highest BCUT2D eigenvalue weighted by atomic mass is 19.1. The van der Waals surface area contributed by atoms with E-state index in [1.165, 1.54) is 26.8 Å². The van der Waals surface area contributed by atoms with Crippen molar-refractivity contribution in [2.24, 2.45) is 13.0 Å². The highest BCUT2D eigenvalue weighted by molar-refractivity contribution is 5.77. The highest BCUT2D eigenvalue weighted by Crippen LogP contribution is 2.33. The van der Waals surface area contributed by atoms with Gasteiger partial charge >= 0.3 is 5.69 Å². The van der Waals surface area contributed by atoms with Gasteiger partial charge in [0, 0.05) is 25.8 Å². The van der Waals surface area contributed by atoms with Crippen LogP contribution in [-0.4, -0.2) is 25.2 Å². The Bertz CT molecular complexity index is 1450. The van der Waals surface area contributed by atoms with Crippen molar-refractivity contribution < 1.29 is 4.39 Å². The number of halogens is 1. The van der Waals surface area contributed by atoms with Gasteiger partial charge in [0.25, 0.3) is 5.56 Å². The minimum atomic E-state index is -0.445. The van der Waals surface area contributed by atoms with E-state index in [1.54, 1.807) is 19.2 Å². The number of anilines is 2. The van der Waals surface area contributed by atoms with Gasteiger partial charge in [-0.15, -0.1) is 0 Å². The summed E-state index contributed by atoms with van der Waals surface area (Å²) in [5, 5.41) is 0. The zero-order valence-corrected chi connectivity index (χ0v) is 19.0. The Hall–Kier alpha value is -3.68. The summed E-state index contributed by atoms with van der Waals surface area (Å²) in [7, 11) is 1.63. The first-order valence-corrected chi connectivity index (χ1v) is 11.2. The van der Waals surface area contributed by atoms with Gasteiger partial charge in [-0.05, 0) is 47.7 Å². The van der Waals surface area contributed by atoms with Gasteiger partial charge in [-0.3, -0.25) is 13.9 Å². The standard InChI is InChI=1S/C25H26FN5O2/c1-4-17-7-11-20(12-8-17)29-13-16(2)14-30-21-22(27-24(29)30)28(3)25(33)31(23(21)32)15-18-5-9-19(26)10-6-18/h5-12,16H,4,13-15H2,1-3H3. The zero-order chi connectivity index (χ0) is 23.3. The van der Waals surface area contributed by atoms with E-state index in [4.69, 9.17) is 4.98 Å². The number of nitrogens with zero attached hydrogens (tertiary/aromatic N) is 5. The van der Waals surface area contributed by atoms with Crippen LogP contribution in [0.1, 0.15) is 25.0 Å². The Morgan fingerprint density at radius 1 is 1.00 bits per heavy atom. The lowest BCUT2D eigenvalue weighted by atomic mass is 10.1. The average molecular weight is 448 g/mol. The SMILES string of the molecule is CCc1ccc(N2CC(C)Cn3c2nc2c3c(=O)n(Cc3ccc(F)cc3)c(=O)n2C)cc1. The van der Waals surface area contributed by atoms with Crippen LogP contribution >= 0.6 is 0 Å². The minimum absolute atomic E-state index is 0.0694. The molecule has 0 bridgehead atoms. The van der Waals surface area contributed by atoms with Gasteiger partial charge in [0.15, 0.2) is 11.2 Å². The summed E-state index contributed by atoms with van der Waals surface area (Å²) in [6.45, 7) is 5.74. The third-order valence-electron chi connectivity index (χ3n) is 6.35. The Morgan fingerprint density at radius 3 is 2.33 bits per heavy atom. The summed E-state index contributed by atoms with van der Waals surface area (Å²) in [4.78, 5) is 33.5. The number of hydrogen-bond donors (Lipinski definition) is 0. The Balaban J connectivity index is 1.68. The molecule has 33 heavy (non-hydrogen) atoms. The molecule has 3 heterocycles. The van der Waals surface area contributed by atoms with E-state index in [0.717, 1.165) is 18.7 Å². The van der Waals surface area contributed by atoms with Crippen LogP contribution < -0.4 is 16.1 Å². The molecule has 0 saturated carbocycles. The molecule has 1 aliphatic rings. The molecule has 0 fully saturated rings. The van der Waals surface area contributed by atoms with Crippen molar-refractivity contribution >= 4 is 22.8 Å². The number of aromatic nitrogens is 4. The quantitative estimate of drug-likeness (QED) is 0.481. The molecule has 2 aromatic carbocycles. The molecule has 2 aromatic heterocycles. The van der Waals surface area contributed by atoms with E-state index in [1.807, 2.05) is 4.57 Å². The van der Waals surface area contributed by atoms with Gasteiger partial charge in [0.05, 0.1) is 6.54 Å². The molecule has 1 atom stereocenters. The first kappa shape index (κ1) is 21.2. The first-order chi connectivity index (χ1) is 15.9. The minimum Gasteiger partial charge on any atom is -0.312 e. The summed E-state index contributed by atoms with van der Waals surface area (Å²) in [5.41, 5.74) is 2.90. The fraction of sp³-hybridized carbons (Fsp3) is 0.320. The maximum atomic E-state index is 13.5. The molecule has 0 radical (unpaired) electrons. The molecule has 1 unspecified atom stereocenters. The third-order valence-corrected chi connectivity index (χ3v) is 6.35.